The molecular weight excluding hydrogens is 300 g/mol. The van der Waals surface area contributed by atoms with Gasteiger partial charge < -0.3 is 21.5 Å². The lowest BCUT2D eigenvalue weighted by molar-refractivity contribution is -0.124. The maximum Gasteiger partial charge on any atom is 0.415 e. The third-order valence-electron chi connectivity index (χ3n) is 3.89. The Balaban J connectivity index is 0.00000192. The first-order chi connectivity index (χ1) is 10.4. The zero-order chi connectivity index (χ0) is 16.0. The van der Waals surface area contributed by atoms with Gasteiger partial charge in [0.25, 0.3) is 5.91 Å². The standard InChI is InChI=1S/C15H17N3O4.H3N/c1-8(2)18-11-4-3-10(5-9(11)6-13(18)19)17-7-12(14(16)20)22-15(17)21;/h3-5,8,12H,6-7H2,1-2H3,(H2,16,20);1H3/t12-;/m1./s1. The van der Waals surface area contributed by atoms with Gasteiger partial charge in [0.05, 0.1) is 13.0 Å². The van der Waals surface area contributed by atoms with E-state index in [1.807, 2.05) is 19.9 Å². The van der Waals surface area contributed by atoms with Crippen molar-refractivity contribution in [3.63, 3.8) is 0 Å². The topological polar surface area (TPSA) is 128 Å². The van der Waals surface area contributed by atoms with Crippen LogP contribution in [0.4, 0.5) is 16.2 Å². The average Bonchev–Trinajstić information content (AvgIpc) is 2.97. The smallest absolute Gasteiger partial charge is 0.415 e. The second-order valence-corrected chi connectivity index (χ2v) is 5.73. The van der Waals surface area contributed by atoms with Gasteiger partial charge in [0.15, 0.2) is 6.10 Å². The molecule has 1 fully saturated rings. The predicted molar refractivity (Wildman–Crippen MR) is 84.6 cm³/mol. The number of fused-ring (bicyclic) bond motifs is 1. The highest BCUT2D eigenvalue weighted by atomic mass is 16.6. The molecular formula is C15H20N4O4. The molecule has 5 N–H and O–H groups in total. The molecule has 1 aromatic rings. The van der Waals surface area contributed by atoms with Crippen molar-refractivity contribution in [2.75, 3.05) is 16.3 Å². The van der Waals surface area contributed by atoms with Crippen molar-refractivity contribution in [1.29, 1.82) is 0 Å². The number of hydrogen-bond acceptors (Lipinski definition) is 5. The summed E-state index contributed by atoms with van der Waals surface area (Å²) in [5.41, 5.74) is 7.50. The van der Waals surface area contributed by atoms with Crippen molar-refractivity contribution in [1.82, 2.24) is 6.15 Å². The quantitative estimate of drug-likeness (QED) is 0.857. The zero-order valence-corrected chi connectivity index (χ0v) is 13.1. The minimum atomic E-state index is -0.936. The van der Waals surface area contributed by atoms with E-state index in [2.05, 4.69) is 0 Å². The molecule has 2 aliphatic heterocycles. The van der Waals surface area contributed by atoms with E-state index in [-0.39, 0.29) is 24.6 Å². The number of rotatable bonds is 3. The summed E-state index contributed by atoms with van der Waals surface area (Å²) in [5.74, 6) is -0.626. The van der Waals surface area contributed by atoms with Crippen molar-refractivity contribution in [2.24, 2.45) is 5.73 Å². The van der Waals surface area contributed by atoms with E-state index in [1.54, 1.807) is 17.0 Å². The van der Waals surface area contributed by atoms with Crippen LogP contribution in [0.1, 0.15) is 19.4 Å². The van der Waals surface area contributed by atoms with Crippen molar-refractivity contribution in [2.45, 2.75) is 32.4 Å². The molecule has 0 spiro atoms. The molecule has 23 heavy (non-hydrogen) atoms. The van der Waals surface area contributed by atoms with Crippen LogP contribution in [-0.4, -0.2) is 36.6 Å². The van der Waals surface area contributed by atoms with Gasteiger partial charge in [0.1, 0.15) is 0 Å². The van der Waals surface area contributed by atoms with Crippen LogP contribution in [-0.2, 0) is 20.7 Å². The SMILES string of the molecule is CC(C)N1C(=O)Cc2cc(N3C[C@H](C(N)=O)OC3=O)ccc21.N. The molecule has 0 saturated carbocycles. The molecule has 0 aromatic heterocycles. The maximum atomic E-state index is 12.1. The summed E-state index contributed by atoms with van der Waals surface area (Å²) >= 11 is 0. The van der Waals surface area contributed by atoms with Gasteiger partial charge in [-0.2, -0.15) is 0 Å². The number of benzene rings is 1. The number of cyclic esters (lactones) is 1. The van der Waals surface area contributed by atoms with E-state index in [1.165, 1.54) is 4.90 Å². The summed E-state index contributed by atoms with van der Waals surface area (Å²) in [6.07, 6.45) is -1.23. The van der Waals surface area contributed by atoms with Gasteiger partial charge in [-0.1, -0.05) is 0 Å². The van der Waals surface area contributed by atoms with Gasteiger partial charge in [-0.05, 0) is 37.6 Å². The van der Waals surface area contributed by atoms with Crippen LogP contribution in [0.2, 0.25) is 0 Å². The molecule has 3 amide bonds. The first kappa shape index (κ1) is 16.8. The van der Waals surface area contributed by atoms with E-state index in [4.69, 9.17) is 10.5 Å². The van der Waals surface area contributed by atoms with Gasteiger partial charge in [-0.25, -0.2) is 4.79 Å². The molecule has 0 aliphatic carbocycles. The number of ether oxygens (including phenoxy) is 1. The average molecular weight is 320 g/mol. The van der Waals surface area contributed by atoms with E-state index in [9.17, 15) is 14.4 Å². The number of hydrogen-bond donors (Lipinski definition) is 2. The lowest BCUT2D eigenvalue weighted by Crippen LogP contribution is -2.33. The largest absolute Gasteiger partial charge is 0.434 e. The molecule has 3 rings (SSSR count). The van der Waals surface area contributed by atoms with Gasteiger partial charge in [0, 0.05) is 17.4 Å². The second kappa shape index (κ2) is 5.88. The maximum absolute atomic E-state index is 12.1. The number of carbonyl (C=O) groups is 3. The van der Waals surface area contributed by atoms with E-state index >= 15 is 0 Å². The fourth-order valence-electron chi connectivity index (χ4n) is 2.89. The van der Waals surface area contributed by atoms with Crippen molar-refractivity contribution >= 4 is 29.3 Å². The zero-order valence-electron chi connectivity index (χ0n) is 13.1. The Kier molecular flexibility index (Phi) is 4.28. The predicted octanol–water partition coefficient (Wildman–Crippen LogP) is 0.957. The molecule has 8 nitrogen and oxygen atoms in total. The van der Waals surface area contributed by atoms with Gasteiger partial charge in [0.2, 0.25) is 5.91 Å². The normalized spacial score (nSPS) is 19.7. The van der Waals surface area contributed by atoms with Crippen molar-refractivity contribution in [3.8, 4) is 0 Å². The summed E-state index contributed by atoms with van der Waals surface area (Å²) in [5, 5.41) is 0. The lowest BCUT2D eigenvalue weighted by atomic mass is 10.1. The van der Waals surface area contributed by atoms with Crippen LogP contribution in [0.5, 0.6) is 0 Å². The van der Waals surface area contributed by atoms with Gasteiger partial charge >= 0.3 is 6.09 Å². The molecule has 0 bridgehead atoms. The summed E-state index contributed by atoms with van der Waals surface area (Å²) in [6.45, 7) is 4.00. The molecule has 1 atom stereocenters. The minimum Gasteiger partial charge on any atom is -0.434 e. The van der Waals surface area contributed by atoms with E-state index in [0.717, 1.165) is 11.3 Å². The van der Waals surface area contributed by atoms with Crippen LogP contribution in [0, 0.1) is 0 Å². The molecule has 124 valence electrons. The lowest BCUT2D eigenvalue weighted by Gasteiger charge is -2.22. The van der Waals surface area contributed by atoms with Crippen molar-refractivity contribution in [3.05, 3.63) is 23.8 Å². The van der Waals surface area contributed by atoms with Crippen LogP contribution < -0.4 is 21.7 Å². The molecule has 0 radical (unpaired) electrons. The highest BCUT2D eigenvalue weighted by Crippen LogP contribution is 2.34. The van der Waals surface area contributed by atoms with E-state index in [0.29, 0.717) is 12.1 Å². The number of anilines is 2. The molecule has 1 saturated heterocycles. The number of carbonyl (C=O) groups excluding carboxylic acids is 3. The first-order valence-corrected chi connectivity index (χ1v) is 7.11. The summed E-state index contributed by atoms with van der Waals surface area (Å²) in [4.78, 5) is 38.2. The molecule has 2 heterocycles. The number of amides is 3. The molecule has 8 heteroatoms. The Morgan fingerprint density at radius 1 is 1.35 bits per heavy atom. The van der Waals surface area contributed by atoms with Crippen LogP contribution in [0.3, 0.4) is 0 Å². The highest BCUT2D eigenvalue weighted by Gasteiger charge is 2.37. The Bertz CT molecular complexity index is 673. The highest BCUT2D eigenvalue weighted by molar-refractivity contribution is 6.03. The Labute approximate surface area is 133 Å². The monoisotopic (exact) mass is 320 g/mol. The minimum absolute atomic E-state index is 0. The Hall–Kier alpha value is -2.61. The van der Waals surface area contributed by atoms with Crippen molar-refractivity contribution < 1.29 is 19.1 Å². The number of nitrogens with two attached hydrogens (primary N) is 1. The summed E-state index contributed by atoms with van der Waals surface area (Å²) < 4.78 is 4.92. The molecule has 0 unspecified atom stereocenters. The Morgan fingerprint density at radius 3 is 2.61 bits per heavy atom. The molecule has 1 aromatic carbocycles. The summed E-state index contributed by atoms with van der Waals surface area (Å²) in [7, 11) is 0. The van der Waals surface area contributed by atoms with E-state index < -0.39 is 18.1 Å². The van der Waals surface area contributed by atoms with Gasteiger partial charge in [-0.3, -0.25) is 14.5 Å². The van der Waals surface area contributed by atoms with Crippen LogP contribution in [0.15, 0.2) is 18.2 Å². The van der Waals surface area contributed by atoms with Crippen LogP contribution in [0.25, 0.3) is 0 Å². The number of primary amides is 1. The summed E-state index contributed by atoms with van der Waals surface area (Å²) in [6, 6.07) is 5.44. The Morgan fingerprint density at radius 2 is 2.04 bits per heavy atom. The number of nitrogens with zero attached hydrogens (tertiary/aromatic N) is 2. The fraction of sp³-hybridized carbons (Fsp3) is 0.400. The van der Waals surface area contributed by atoms with Crippen LogP contribution >= 0.6 is 0 Å². The molecule has 2 aliphatic rings. The third-order valence-corrected chi connectivity index (χ3v) is 3.89. The van der Waals surface area contributed by atoms with Gasteiger partial charge in [-0.15, -0.1) is 0 Å². The first-order valence-electron chi connectivity index (χ1n) is 7.11. The fourth-order valence-corrected chi connectivity index (χ4v) is 2.89. The second-order valence-electron chi connectivity index (χ2n) is 5.73. The third kappa shape index (κ3) is 2.72.